The predicted octanol–water partition coefficient (Wildman–Crippen LogP) is 0.510. The molecule has 2 aromatic rings. The monoisotopic (exact) mass is 313 g/mol. The zero-order valence-corrected chi connectivity index (χ0v) is 11.9. The van der Waals surface area contributed by atoms with Gasteiger partial charge >= 0.3 is 5.97 Å². The Kier molecular flexibility index (Phi) is 4.40. The number of carbonyl (C=O) groups is 2. The quantitative estimate of drug-likeness (QED) is 0.593. The number of rotatable bonds is 6. The zero-order valence-electron chi connectivity index (χ0n) is 10.2. The maximum absolute atomic E-state index is 12.3. The van der Waals surface area contributed by atoms with E-state index in [-0.39, 0.29) is 29.4 Å². The number of thiophene rings is 1. The van der Waals surface area contributed by atoms with Gasteiger partial charge in [-0.1, -0.05) is 11.8 Å². The number of carboxylic acids is 1. The minimum Gasteiger partial charge on any atom is -0.481 e. The Morgan fingerprint density at radius 1 is 1.50 bits per heavy atom. The first kappa shape index (κ1) is 14.5. The van der Waals surface area contributed by atoms with Gasteiger partial charge in [0.1, 0.15) is 4.83 Å². The number of nitrogens with zero attached hydrogens (tertiary/aromatic N) is 2. The summed E-state index contributed by atoms with van der Waals surface area (Å²) in [4.78, 5) is 38.6. The number of nitrogens with two attached hydrogens (primary N) is 1. The van der Waals surface area contributed by atoms with Crippen LogP contribution in [-0.2, 0) is 16.1 Å². The third-order valence-corrected chi connectivity index (χ3v) is 4.22. The molecule has 0 aromatic carbocycles. The van der Waals surface area contributed by atoms with Crippen LogP contribution in [0.2, 0.25) is 0 Å². The second kappa shape index (κ2) is 6.06. The summed E-state index contributed by atoms with van der Waals surface area (Å²) in [6.45, 7) is 0.0922. The van der Waals surface area contributed by atoms with Gasteiger partial charge in [-0.2, -0.15) is 0 Å². The van der Waals surface area contributed by atoms with Crippen molar-refractivity contribution in [2.24, 2.45) is 5.73 Å². The molecule has 9 heteroatoms. The van der Waals surface area contributed by atoms with Gasteiger partial charge in [0.15, 0.2) is 5.16 Å². The lowest BCUT2D eigenvalue weighted by molar-refractivity contribution is -0.134. The van der Waals surface area contributed by atoms with E-state index in [0.29, 0.717) is 10.2 Å². The fraction of sp³-hybridized carbons (Fsp3) is 0.273. The maximum Gasteiger partial charge on any atom is 0.313 e. The average Bonchev–Trinajstić information content (AvgIpc) is 2.83. The molecular weight excluding hydrogens is 302 g/mol. The van der Waals surface area contributed by atoms with Gasteiger partial charge in [-0.3, -0.25) is 19.0 Å². The van der Waals surface area contributed by atoms with Gasteiger partial charge < -0.3 is 10.8 Å². The minimum atomic E-state index is -1.00. The van der Waals surface area contributed by atoms with Crippen molar-refractivity contribution in [3.63, 3.8) is 0 Å². The zero-order chi connectivity index (χ0) is 14.7. The number of aromatic nitrogens is 2. The number of fused-ring (bicyclic) bond motifs is 1. The molecule has 0 fully saturated rings. The topological polar surface area (TPSA) is 115 Å². The average molecular weight is 313 g/mol. The summed E-state index contributed by atoms with van der Waals surface area (Å²) in [7, 11) is 0. The Morgan fingerprint density at radius 2 is 2.25 bits per heavy atom. The van der Waals surface area contributed by atoms with Crippen LogP contribution in [0.25, 0.3) is 10.2 Å². The number of hydrogen-bond donors (Lipinski definition) is 2. The summed E-state index contributed by atoms with van der Waals surface area (Å²) in [6, 6.07) is 1.65. The second-order valence-corrected chi connectivity index (χ2v) is 5.73. The molecule has 0 saturated carbocycles. The fourth-order valence-corrected chi connectivity index (χ4v) is 3.14. The van der Waals surface area contributed by atoms with Crippen LogP contribution < -0.4 is 11.3 Å². The second-order valence-electron chi connectivity index (χ2n) is 3.89. The van der Waals surface area contributed by atoms with Crippen LogP contribution in [0.1, 0.15) is 6.42 Å². The van der Waals surface area contributed by atoms with E-state index >= 15 is 0 Å². The van der Waals surface area contributed by atoms with Crippen LogP contribution >= 0.6 is 23.1 Å². The van der Waals surface area contributed by atoms with Crippen molar-refractivity contribution < 1.29 is 14.7 Å². The first-order valence-electron chi connectivity index (χ1n) is 5.60. The summed E-state index contributed by atoms with van der Waals surface area (Å²) in [6.07, 6.45) is -0.00212. The molecule has 0 aliphatic heterocycles. The van der Waals surface area contributed by atoms with Crippen molar-refractivity contribution in [2.75, 3.05) is 5.75 Å². The number of carbonyl (C=O) groups excluding carboxylic acids is 1. The highest BCUT2D eigenvalue weighted by atomic mass is 32.2. The summed E-state index contributed by atoms with van der Waals surface area (Å²) in [5, 5.41) is 11.2. The van der Waals surface area contributed by atoms with Crippen LogP contribution in [0.15, 0.2) is 21.4 Å². The molecule has 0 saturated heterocycles. The fourth-order valence-electron chi connectivity index (χ4n) is 1.59. The first-order chi connectivity index (χ1) is 9.49. The molecule has 2 heterocycles. The Bertz CT molecular complexity index is 722. The first-order valence-corrected chi connectivity index (χ1v) is 7.46. The minimum absolute atomic E-state index is 0.00212. The van der Waals surface area contributed by atoms with Crippen LogP contribution in [0.4, 0.5) is 0 Å². The number of amides is 1. The van der Waals surface area contributed by atoms with Crippen molar-refractivity contribution in [2.45, 2.75) is 18.1 Å². The standard InChI is InChI=1S/C11H11N3O4S2/c12-7(15)1-3-14-10(18)6-2-4-19-9(6)13-11(14)20-5-8(16)17/h2,4H,1,3,5H2,(H2,12,15)(H,16,17). The summed E-state index contributed by atoms with van der Waals surface area (Å²) in [5.74, 6) is -1.74. The number of hydrogen-bond acceptors (Lipinski definition) is 6. The number of carboxylic acid groups (broad SMARTS) is 1. The van der Waals surface area contributed by atoms with E-state index in [4.69, 9.17) is 10.8 Å². The van der Waals surface area contributed by atoms with Gasteiger partial charge in [-0.15, -0.1) is 11.3 Å². The molecule has 0 unspecified atom stereocenters. The van der Waals surface area contributed by atoms with E-state index in [1.54, 1.807) is 11.4 Å². The summed E-state index contributed by atoms with van der Waals surface area (Å²) < 4.78 is 1.30. The van der Waals surface area contributed by atoms with Crippen LogP contribution in [0.3, 0.4) is 0 Å². The van der Waals surface area contributed by atoms with Gasteiger partial charge in [0.25, 0.3) is 5.56 Å². The van der Waals surface area contributed by atoms with Crippen molar-refractivity contribution in [1.82, 2.24) is 9.55 Å². The van der Waals surface area contributed by atoms with Crippen LogP contribution in [0.5, 0.6) is 0 Å². The number of aliphatic carboxylic acids is 1. The summed E-state index contributed by atoms with van der Waals surface area (Å²) in [5.41, 5.74) is 4.80. The van der Waals surface area contributed by atoms with Crippen LogP contribution in [0, 0.1) is 0 Å². The SMILES string of the molecule is NC(=O)CCn1c(SCC(=O)O)nc2sccc2c1=O. The van der Waals surface area contributed by atoms with Gasteiger partial charge in [0.2, 0.25) is 5.91 Å². The molecule has 2 aromatic heterocycles. The van der Waals surface area contributed by atoms with Crippen molar-refractivity contribution >= 4 is 45.2 Å². The number of primary amides is 1. The lowest BCUT2D eigenvalue weighted by atomic mass is 10.3. The van der Waals surface area contributed by atoms with Crippen molar-refractivity contribution in [3.8, 4) is 0 Å². The lowest BCUT2D eigenvalue weighted by Gasteiger charge is -2.10. The molecule has 20 heavy (non-hydrogen) atoms. The highest BCUT2D eigenvalue weighted by molar-refractivity contribution is 7.99. The molecule has 0 atom stereocenters. The molecule has 3 N–H and O–H groups in total. The number of thioether (sulfide) groups is 1. The van der Waals surface area contributed by atoms with Crippen molar-refractivity contribution in [1.29, 1.82) is 0 Å². The predicted molar refractivity (Wildman–Crippen MR) is 76.1 cm³/mol. The molecule has 0 aliphatic rings. The van der Waals surface area contributed by atoms with Gasteiger partial charge in [-0.25, -0.2) is 4.98 Å². The van der Waals surface area contributed by atoms with Gasteiger partial charge in [0.05, 0.1) is 11.1 Å². The third-order valence-electron chi connectivity index (χ3n) is 2.45. The van der Waals surface area contributed by atoms with Gasteiger partial charge in [-0.05, 0) is 11.4 Å². The summed E-state index contributed by atoms with van der Waals surface area (Å²) >= 11 is 2.25. The molecule has 106 valence electrons. The van der Waals surface area contributed by atoms with Crippen molar-refractivity contribution in [3.05, 3.63) is 21.8 Å². The Labute approximate surface area is 121 Å². The van der Waals surface area contributed by atoms with Crippen LogP contribution in [-0.4, -0.2) is 32.3 Å². The van der Waals surface area contributed by atoms with E-state index in [1.165, 1.54) is 15.9 Å². The van der Waals surface area contributed by atoms with E-state index in [9.17, 15) is 14.4 Å². The highest BCUT2D eigenvalue weighted by Crippen LogP contribution is 2.21. The van der Waals surface area contributed by atoms with E-state index in [1.807, 2.05) is 0 Å². The molecule has 2 rings (SSSR count). The normalized spacial score (nSPS) is 10.8. The highest BCUT2D eigenvalue weighted by Gasteiger charge is 2.14. The molecule has 0 spiro atoms. The molecule has 0 bridgehead atoms. The smallest absolute Gasteiger partial charge is 0.313 e. The molecular formula is C11H11N3O4S2. The molecule has 0 aliphatic carbocycles. The van der Waals surface area contributed by atoms with E-state index < -0.39 is 11.9 Å². The Balaban J connectivity index is 2.44. The van der Waals surface area contributed by atoms with E-state index in [0.717, 1.165) is 11.8 Å². The molecule has 0 radical (unpaired) electrons. The Morgan fingerprint density at radius 3 is 2.90 bits per heavy atom. The Hall–Kier alpha value is -1.87. The maximum atomic E-state index is 12.3. The van der Waals surface area contributed by atoms with E-state index in [2.05, 4.69) is 4.98 Å². The van der Waals surface area contributed by atoms with Gasteiger partial charge in [0, 0.05) is 13.0 Å². The molecule has 1 amide bonds. The largest absolute Gasteiger partial charge is 0.481 e. The molecule has 7 nitrogen and oxygen atoms in total. The lowest BCUT2D eigenvalue weighted by Crippen LogP contribution is -2.25. The third kappa shape index (κ3) is 3.17.